The summed E-state index contributed by atoms with van der Waals surface area (Å²) in [5, 5.41) is 5.11. The first-order valence-corrected chi connectivity index (χ1v) is 11.8. The van der Waals surface area contributed by atoms with E-state index in [0.717, 1.165) is 5.56 Å². The molecule has 1 unspecified atom stereocenters. The quantitative estimate of drug-likeness (QED) is 0.222. The molecule has 1 aromatic rings. The van der Waals surface area contributed by atoms with Gasteiger partial charge in [0, 0.05) is 13.0 Å². The normalized spacial score (nSPS) is 13.3. The van der Waals surface area contributed by atoms with Crippen LogP contribution in [0.3, 0.4) is 0 Å². The molecule has 7 nitrogen and oxygen atoms in total. The van der Waals surface area contributed by atoms with Crippen LogP contribution in [0.1, 0.15) is 59.4 Å². The maximum absolute atomic E-state index is 13.2. The van der Waals surface area contributed by atoms with Crippen molar-refractivity contribution in [3.63, 3.8) is 0 Å². The second kappa shape index (κ2) is 14.2. The number of rotatable bonds is 14. The van der Waals surface area contributed by atoms with Gasteiger partial charge in [0.1, 0.15) is 11.6 Å². The molecular formula is C24H38N2O5S. The van der Waals surface area contributed by atoms with Crippen molar-refractivity contribution in [1.29, 1.82) is 0 Å². The van der Waals surface area contributed by atoms with Crippen molar-refractivity contribution in [3.8, 4) is 0 Å². The molecular weight excluding hydrogens is 428 g/mol. The smallest absolute Gasteiger partial charge is 0.328 e. The Morgan fingerprint density at radius 3 is 2.22 bits per heavy atom. The van der Waals surface area contributed by atoms with Crippen LogP contribution >= 0.6 is 12.6 Å². The number of thiol groups is 1. The third-order valence-corrected chi connectivity index (χ3v) is 6.27. The highest BCUT2D eigenvalue weighted by Crippen LogP contribution is 2.19. The van der Waals surface area contributed by atoms with E-state index in [0.29, 0.717) is 19.4 Å². The number of esters is 1. The lowest BCUT2D eigenvalue weighted by Gasteiger charge is -2.34. The van der Waals surface area contributed by atoms with Crippen LogP contribution in [-0.4, -0.2) is 47.8 Å². The zero-order valence-corrected chi connectivity index (χ0v) is 20.7. The summed E-state index contributed by atoms with van der Waals surface area (Å²) in [6, 6.07) is 8.83. The predicted molar refractivity (Wildman–Crippen MR) is 128 cm³/mol. The summed E-state index contributed by atoms with van der Waals surface area (Å²) in [5.74, 6) is -1.23. The van der Waals surface area contributed by atoms with Gasteiger partial charge in [-0.2, -0.15) is 12.6 Å². The average molecular weight is 467 g/mol. The van der Waals surface area contributed by atoms with Gasteiger partial charge in [0.25, 0.3) is 0 Å². The summed E-state index contributed by atoms with van der Waals surface area (Å²) >= 11 is 4.36. The molecule has 0 spiro atoms. The van der Waals surface area contributed by atoms with Crippen LogP contribution in [0.15, 0.2) is 30.3 Å². The molecule has 0 saturated carbocycles. The van der Waals surface area contributed by atoms with E-state index in [-0.39, 0.29) is 31.5 Å². The van der Waals surface area contributed by atoms with Crippen LogP contribution < -0.4 is 10.6 Å². The van der Waals surface area contributed by atoms with Crippen molar-refractivity contribution in [2.24, 2.45) is 5.92 Å². The SMILES string of the molecule is CCOC(=O)[C@H](CCOCc1ccccc1)NC(=O)C(CC)(CC)NC(=O)C(S)C(C)C. The lowest BCUT2D eigenvalue weighted by molar-refractivity contribution is -0.149. The summed E-state index contributed by atoms with van der Waals surface area (Å²) < 4.78 is 10.8. The molecule has 0 saturated heterocycles. The molecule has 0 aliphatic rings. The molecule has 8 heteroatoms. The Hall–Kier alpha value is -2.06. The summed E-state index contributed by atoms with van der Waals surface area (Å²) in [4.78, 5) is 38.3. The Bertz CT molecular complexity index is 722. The van der Waals surface area contributed by atoms with E-state index in [4.69, 9.17) is 9.47 Å². The first-order valence-electron chi connectivity index (χ1n) is 11.3. The number of benzene rings is 1. The highest BCUT2D eigenvalue weighted by atomic mass is 32.1. The van der Waals surface area contributed by atoms with Gasteiger partial charge in [-0.15, -0.1) is 0 Å². The maximum Gasteiger partial charge on any atom is 0.328 e. The van der Waals surface area contributed by atoms with E-state index in [2.05, 4.69) is 23.3 Å². The molecule has 0 aliphatic carbocycles. The summed E-state index contributed by atoms with van der Waals surface area (Å²) in [5.41, 5.74) is -0.114. The van der Waals surface area contributed by atoms with E-state index in [1.165, 1.54) is 0 Å². The van der Waals surface area contributed by atoms with E-state index < -0.39 is 28.7 Å². The van der Waals surface area contributed by atoms with Crippen molar-refractivity contribution in [2.75, 3.05) is 13.2 Å². The van der Waals surface area contributed by atoms with Crippen molar-refractivity contribution < 1.29 is 23.9 Å². The van der Waals surface area contributed by atoms with Crippen LogP contribution in [0.5, 0.6) is 0 Å². The molecule has 1 aromatic carbocycles. The summed E-state index contributed by atoms with van der Waals surface area (Å²) in [6.45, 7) is 10.0. The molecule has 2 N–H and O–H groups in total. The molecule has 0 aromatic heterocycles. The van der Waals surface area contributed by atoms with Gasteiger partial charge < -0.3 is 20.1 Å². The number of ether oxygens (including phenoxy) is 2. The van der Waals surface area contributed by atoms with Gasteiger partial charge >= 0.3 is 5.97 Å². The zero-order chi connectivity index (χ0) is 24.1. The van der Waals surface area contributed by atoms with E-state index in [9.17, 15) is 14.4 Å². The third kappa shape index (κ3) is 8.47. The van der Waals surface area contributed by atoms with E-state index >= 15 is 0 Å². The van der Waals surface area contributed by atoms with Crippen LogP contribution in [0.4, 0.5) is 0 Å². The predicted octanol–water partition coefficient (Wildman–Crippen LogP) is 3.27. The highest BCUT2D eigenvalue weighted by molar-refractivity contribution is 7.81. The highest BCUT2D eigenvalue weighted by Gasteiger charge is 2.39. The Labute approximate surface area is 197 Å². The Morgan fingerprint density at radius 1 is 1.06 bits per heavy atom. The van der Waals surface area contributed by atoms with Crippen LogP contribution in [0.2, 0.25) is 0 Å². The fourth-order valence-electron chi connectivity index (χ4n) is 3.17. The summed E-state index contributed by atoms with van der Waals surface area (Å²) in [7, 11) is 0. The van der Waals surface area contributed by atoms with Gasteiger partial charge in [-0.1, -0.05) is 58.0 Å². The molecule has 0 radical (unpaired) electrons. The van der Waals surface area contributed by atoms with Crippen molar-refractivity contribution >= 4 is 30.4 Å². The number of hydrogen-bond acceptors (Lipinski definition) is 6. The molecule has 180 valence electrons. The fraction of sp³-hybridized carbons (Fsp3) is 0.625. The largest absolute Gasteiger partial charge is 0.464 e. The average Bonchev–Trinajstić information content (AvgIpc) is 2.79. The Balaban J connectivity index is 2.84. The summed E-state index contributed by atoms with van der Waals surface area (Å²) in [6.07, 6.45) is 1.01. The monoisotopic (exact) mass is 466 g/mol. The molecule has 2 atom stereocenters. The van der Waals surface area contributed by atoms with Gasteiger partial charge in [0.2, 0.25) is 11.8 Å². The molecule has 1 rings (SSSR count). The fourth-order valence-corrected chi connectivity index (χ4v) is 3.24. The Kier molecular flexibility index (Phi) is 12.4. The second-order valence-corrected chi connectivity index (χ2v) is 8.63. The van der Waals surface area contributed by atoms with Crippen molar-refractivity contribution in [2.45, 2.75) is 77.3 Å². The number of nitrogens with one attached hydrogen (secondary N) is 2. The van der Waals surface area contributed by atoms with E-state index in [1.54, 1.807) is 6.92 Å². The Morgan fingerprint density at radius 2 is 1.69 bits per heavy atom. The minimum absolute atomic E-state index is 0.0156. The van der Waals surface area contributed by atoms with Crippen LogP contribution in [0.25, 0.3) is 0 Å². The number of carbonyl (C=O) groups excluding carboxylic acids is 3. The van der Waals surface area contributed by atoms with Gasteiger partial charge in [0.15, 0.2) is 0 Å². The lowest BCUT2D eigenvalue weighted by atomic mass is 9.90. The molecule has 32 heavy (non-hydrogen) atoms. The minimum Gasteiger partial charge on any atom is -0.464 e. The van der Waals surface area contributed by atoms with Gasteiger partial charge in [0.05, 0.1) is 18.5 Å². The number of amides is 2. The van der Waals surface area contributed by atoms with Crippen LogP contribution in [-0.2, 0) is 30.5 Å². The standard InChI is InChI=1S/C24H38N2O5S/c1-6-24(7-2,26-21(27)20(32)17(4)5)23(29)25-19(22(28)31-8-3)14-15-30-16-18-12-10-9-11-13-18/h9-13,17,19-20,32H,6-8,14-16H2,1-5H3,(H,25,29)(H,26,27)/t19-,20?/m0/s1. The molecule has 0 heterocycles. The second-order valence-electron chi connectivity index (χ2n) is 8.07. The maximum atomic E-state index is 13.2. The van der Waals surface area contributed by atoms with E-state index in [1.807, 2.05) is 58.0 Å². The van der Waals surface area contributed by atoms with Crippen molar-refractivity contribution in [1.82, 2.24) is 10.6 Å². The zero-order valence-electron chi connectivity index (χ0n) is 19.8. The van der Waals surface area contributed by atoms with Gasteiger partial charge in [-0.3, -0.25) is 9.59 Å². The molecule has 0 fully saturated rings. The first kappa shape index (κ1) is 28.0. The molecule has 0 bridgehead atoms. The number of carbonyl (C=O) groups is 3. The van der Waals surface area contributed by atoms with Gasteiger partial charge in [-0.05, 0) is 31.2 Å². The van der Waals surface area contributed by atoms with Crippen LogP contribution in [0, 0.1) is 5.92 Å². The third-order valence-electron chi connectivity index (χ3n) is 5.44. The van der Waals surface area contributed by atoms with Crippen molar-refractivity contribution in [3.05, 3.63) is 35.9 Å². The first-order chi connectivity index (χ1) is 15.2. The molecule has 2 amide bonds. The number of hydrogen-bond donors (Lipinski definition) is 3. The topological polar surface area (TPSA) is 93.7 Å². The lowest BCUT2D eigenvalue weighted by Crippen LogP contribution is -2.62. The van der Waals surface area contributed by atoms with Gasteiger partial charge in [-0.25, -0.2) is 4.79 Å². The molecule has 0 aliphatic heterocycles. The minimum atomic E-state index is -1.14.